The molecule has 0 aliphatic heterocycles. The van der Waals surface area contributed by atoms with E-state index in [9.17, 15) is 39.9 Å². The molecule has 40 heavy (non-hydrogen) atoms. The number of amides is 1. The number of nitrogens with zero attached hydrogens (tertiary/aromatic N) is 2. The lowest BCUT2D eigenvalue weighted by atomic mass is 9.55. The normalized spacial score (nSPS) is 30.1. The summed E-state index contributed by atoms with van der Waals surface area (Å²) in [6.07, 6.45) is -0.208. The van der Waals surface area contributed by atoms with Gasteiger partial charge in [0.25, 0.3) is 5.91 Å². The maximum Gasteiger partial charge on any atom is 0.255 e. The minimum Gasteiger partial charge on any atom is -0.510 e. The Labute approximate surface area is 231 Å². The van der Waals surface area contributed by atoms with E-state index in [2.05, 4.69) is 6.07 Å². The van der Waals surface area contributed by atoms with E-state index in [1.54, 1.807) is 19.1 Å². The highest BCUT2D eigenvalue weighted by Crippen LogP contribution is 2.56. The number of fused-ring (bicyclic) bond motifs is 3. The fraction of sp³-hybridized carbons (Fsp3) is 0.517. The van der Waals surface area contributed by atoms with E-state index in [-0.39, 0.29) is 11.3 Å². The molecule has 0 saturated carbocycles. The number of nitriles is 1. The third kappa shape index (κ3) is 3.85. The number of rotatable bonds is 6. The second-order valence-electron chi connectivity index (χ2n) is 11.9. The van der Waals surface area contributed by atoms with E-state index < -0.39 is 81.1 Å². The number of Topliss-reactive ketones (excluding diaryl/α,β-unsaturated/α-hetero) is 2. The van der Waals surface area contributed by atoms with Crippen molar-refractivity contribution < 1.29 is 39.9 Å². The van der Waals surface area contributed by atoms with E-state index in [0.29, 0.717) is 30.4 Å². The van der Waals surface area contributed by atoms with Crippen molar-refractivity contribution in [1.29, 1.82) is 5.26 Å². The van der Waals surface area contributed by atoms with Crippen LogP contribution in [0.5, 0.6) is 5.75 Å². The van der Waals surface area contributed by atoms with Gasteiger partial charge in [0, 0.05) is 23.5 Å². The first-order valence-corrected chi connectivity index (χ1v) is 13.1. The number of benzene rings is 1. The van der Waals surface area contributed by atoms with Crippen molar-refractivity contribution in [1.82, 2.24) is 4.90 Å². The largest absolute Gasteiger partial charge is 0.510 e. The number of primary amides is 1. The van der Waals surface area contributed by atoms with E-state index in [1.165, 1.54) is 19.0 Å². The second-order valence-corrected chi connectivity index (χ2v) is 11.9. The molecule has 0 radical (unpaired) electrons. The van der Waals surface area contributed by atoms with Gasteiger partial charge in [-0.3, -0.25) is 19.3 Å². The molecule has 3 aliphatic carbocycles. The summed E-state index contributed by atoms with van der Waals surface area (Å²) in [6.45, 7) is 5.42. The number of ketones is 2. The summed E-state index contributed by atoms with van der Waals surface area (Å²) in [7, 11) is 2.98. The number of nitrogens with two attached hydrogens (primary N) is 1. The van der Waals surface area contributed by atoms with Crippen molar-refractivity contribution in [3.8, 4) is 11.8 Å². The molecule has 11 nitrogen and oxygen atoms in total. The minimum absolute atomic E-state index is 0.119. The number of hydrogen-bond donors (Lipinski definition) is 6. The summed E-state index contributed by atoms with van der Waals surface area (Å²) in [5.74, 6) is -9.10. The number of likely N-dealkylation sites (N-methyl/N-ethyl adjacent to an activating group) is 1. The highest BCUT2D eigenvalue weighted by atomic mass is 16.4. The molecule has 3 aliphatic rings. The first-order valence-electron chi connectivity index (χ1n) is 13.1. The van der Waals surface area contributed by atoms with Crippen LogP contribution >= 0.6 is 0 Å². The maximum absolute atomic E-state index is 14.0. The van der Waals surface area contributed by atoms with Crippen LogP contribution in [0.15, 0.2) is 34.8 Å². The molecule has 6 atom stereocenters. The zero-order valence-electron chi connectivity index (χ0n) is 23.1. The molecule has 11 heteroatoms. The number of phenolic OH excluding ortho intramolecular Hbond substituents is 1. The fourth-order valence-corrected chi connectivity index (χ4v) is 6.91. The Morgan fingerprint density at radius 3 is 2.38 bits per heavy atom. The summed E-state index contributed by atoms with van der Waals surface area (Å²) < 4.78 is 0. The van der Waals surface area contributed by atoms with Crippen LogP contribution in [0.2, 0.25) is 0 Å². The molecule has 0 saturated heterocycles. The van der Waals surface area contributed by atoms with Crippen molar-refractivity contribution >= 4 is 17.5 Å². The molecule has 0 fully saturated rings. The molecule has 0 spiro atoms. The van der Waals surface area contributed by atoms with Crippen molar-refractivity contribution in [2.24, 2.45) is 17.6 Å². The van der Waals surface area contributed by atoms with Gasteiger partial charge in [-0.05, 0) is 43.8 Å². The van der Waals surface area contributed by atoms with E-state index >= 15 is 0 Å². The molecule has 0 aromatic heterocycles. The van der Waals surface area contributed by atoms with Gasteiger partial charge in [-0.1, -0.05) is 32.9 Å². The molecule has 0 heterocycles. The molecule has 4 rings (SSSR count). The van der Waals surface area contributed by atoms with Gasteiger partial charge >= 0.3 is 0 Å². The van der Waals surface area contributed by atoms with Crippen LogP contribution in [0.1, 0.15) is 67.4 Å². The first-order chi connectivity index (χ1) is 18.5. The number of carbonyl (C=O) groups is 3. The highest BCUT2D eigenvalue weighted by molar-refractivity contribution is 6.25. The molecule has 0 bridgehead atoms. The third-order valence-corrected chi connectivity index (χ3v) is 8.95. The lowest BCUT2D eigenvalue weighted by molar-refractivity contribution is -0.162. The predicted octanol–water partition coefficient (Wildman–Crippen LogP) is 1.62. The SMILES string of the molecule is C[C@H]1c2ccc(C(C)(C)CCCC#N)c(O)c2C(=O)C2=C(O)[C@]3(O)C(=O)C(C(N)=O)=C(O)[C@@H](N(C)C)[C@@H]3[C@@H](O)[C@@H]21. The summed E-state index contributed by atoms with van der Waals surface area (Å²) in [4.78, 5) is 41.0. The van der Waals surface area contributed by atoms with Crippen molar-refractivity contribution in [2.75, 3.05) is 14.1 Å². The molecule has 0 unspecified atom stereocenters. The number of carbonyl (C=O) groups excluding carboxylic acids is 3. The Morgan fingerprint density at radius 2 is 1.82 bits per heavy atom. The Kier molecular flexibility index (Phi) is 7.12. The zero-order valence-corrected chi connectivity index (χ0v) is 23.1. The Bertz CT molecular complexity index is 1420. The average Bonchev–Trinajstić information content (AvgIpc) is 2.85. The zero-order chi connectivity index (χ0) is 30.1. The number of aromatic hydroxyl groups is 1. The van der Waals surface area contributed by atoms with E-state index in [0.717, 1.165) is 0 Å². The molecule has 214 valence electrons. The van der Waals surface area contributed by atoms with Gasteiger partial charge in [-0.25, -0.2) is 0 Å². The van der Waals surface area contributed by atoms with Crippen LogP contribution in [0.25, 0.3) is 0 Å². The monoisotopic (exact) mass is 553 g/mol. The van der Waals surface area contributed by atoms with Gasteiger partial charge in [0.05, 0.1) is 29.7 Å². The number of unbranched alkanes of at least 4 members (excludes halogenated alkanes) is 1. The van der Waals surface area contributed by atoms with Gasteiger partial charge in [0.15, 0.2) is 11.4 Å². The lowest BCUT2D eigenvalue weighted by Crippen LogP contribution is -2.68. The van der Waals surface area contributed by atoms with Crippen LogP contribution < -0.4 is 5.73 Å². The summed E-state index contributed by atoms with van der Waals surface area (Å²) in [5.41, 5.74) is 1.13. The third-order valence-electron chi connectivity index (χ3n) is 8.95. The van der Waals surface area contributed by atoms with Gasteiger partial charge in [0.2, 0.25) is 5.78 Å². The maximum atomic E-state index is 14.0. The molecule has 7 N–H and O–H groups in total. The smallest absolute Gasteiger partial charge is 0.255 e. The van der Waals surface area contributed by atoms with Crippen LogP contribution in [0.4, 0.5) is 0 Å². The van der Waals surface area contributed by atoms with Crippen molar-refractivity contribution in [2.45, 2.75) is 69.1 Å². The number of hydrogen-bond acceptors (Lipinski definition) is 10. The lowest BCUT2D eigenvalue weighted by Gasteiger charge is -2.53. The summed E-state index contributed by atoms with van der Waals surface area (Å²) >= 11 is 0. The number of phenols is 1. The van der Waals surface area contributed by atoms with Crippen LogP contribution in [0.3, 0.4) is 0 Å². The van der Waals surface area contributed by atoms with Crippen LogP contribution in [0, 0.1) is 23.2 Å². The second kappa shape index (κ2) is 9.73. The minimum atomic E-state index is -2.95. The topological polar surface area (TPSA) is 205 Å². The fourth-order valence-electron chi connectivity index (χ4n) is 6.91. The molecule has 1 amide bonds. The van der Waals surface area contributed by atoms with Gasteiger partial charge in [0.1, 0.15) is 22.8 Å². The van der Waals surface area contributed by atoms with Gasteiger partial charge in [-0.15, -0.1) is 0 Å². The molecule has 1 aromatic rings. The van der Waals surface area contributed by atoms with Crippen molar-refractivity contribution in [3.63, 3.8) is 0 Å². The quantitative estimate of drug-likeness (QED) is 0.222. The standard InChI is InChI=1S/C29H35N3O8/c1-12-13-8-9-14(28(2,3)10-6-7-11-30)21(33)16(13)22(34)17-15(12)23(35)19-20(32(4)5)24(36)18(27(31)39)26(38)29(19,40)25(17)37/h8-9,12,15,19-20,23,33,35-37,40H,6-7,10H2,1-5H3,(H2,31,39)/t12-,15+,19+,20-,23-,29-/m0/s1. The molecular weight excluding hydrogens is 518 g/mol. The molecular formula is C29H35N3O8. The van der Waals surface area contributed by atoms with Crippen molar-refractivity contribution in [3.05, 3.63) is 51.5 Å². The Morgan fingerprint density at radius 1 is 1.20 bits per heavy atom. The van der Waals surface area contributed by atoms with Crippen LogP contribution in [-0.2, 0) is 15.0 Å². The van der Waals surface area contributed by atoms with E-state index in [4.69, 9.17) is 11.0 Å². The van der Waals surface area contributed by atoms with E-state index in [1.807, 2.05) is 13.8 Å². The summed E-state index contributed by atoms with van der Waals surface area (Å²) in [6, 6.07) is 4.16. The highest BCUT2D eigenvalue weighted by Gasteiger charge is 2.67. The van der Waals surface area contributed by atoms with Crippen LogP contribution in [-0.4, -0.2) is 79.7 Å². The average molecular weight is 554 g/mol. The predicted molar refractivity (Wildman–Crippen MR) is 142 cm³/mol. The summed E-state index contributed by atoms with van der Waals surface area (Å²) in [5, 5.41) is 66.1. The first kappa shape index (κ1) is 29.3. The Balaban J connectivity index is 1.96. The molecule has 1 aromatic carbocycles. The number of aliphatic hydroxyl groups excluding tert-OH is 3. The Hall–Kier alpha value is -3.72. The van der Waals surface area contributed by atoms with Gasteiger partial charge < -0.3 is 31.3 Å². The van der Waals surface area contributed by atoms with Gasteiger partial charge in [-0.2, -0.15) is 5.26 Å². The number of aliphatic hydroxyl groups is 4.